The van der Waals surface area contributed by atoms with Gasteiger partial charge in [-0.25, -0.2) is 0 Å². The first-order chi connectivity index (χ1) is 12.2. The quantitative estimate of drug-likeness (QED) is 0.520. The second-order valence-electron chi connectivity index (χ2n) is 6.08. The SMILES string of the molecule is CC(=O)O[Si]1(C)O[SiH](C)O[SiH](C)O[Si](C)(OC(C)=O)O[Si](C)(OC(C)=O)O1. The van der Waals surface area contributed by atoms with Crippen LogP contribution in [-0.2, 0) is 48.2 Å². The molecule has 0 aliphatic carbocycles. The molecule has 4 atom stereocenters. The van der Waals surface area contributed by atoms with Crippen molar-refractivity contribution in [1.82, 2.24) is 0 Å². The topological polar surface area (TPSA) is 125 Å². The summed E-state index contributed by atoms with van der Waals surface area (Å²) < 4.78 is 45.2. The Hall–Kier alpha value is -0.706. The van der Waals surface area contributed by atoms with E-state index < -0.39 is 62.9 Å². The zero-order valence-electron chi connectivity index (χ0n) is 16.6. The zero-order valence-corrected chi connectivity index (χ0v) is 22.0. The molecule has 27 heavy (non-hydrogen) atoms. The van der Waals surface area contributed by atoms with Gasteiger partial charge in [0.25, 0.3) is 17.9 Å². The van der Waals surface area contributed by atoms with Crippen molar-refractivity contribution in [2.75, 3.05) is 0 Å². The van der Waals surface area contributed by atoms with Gasteiger partial charge in [-0.05, 0) is 13.1 Å². The molecule has 1 fully saturated rings. The van der Waals surface area contributed by atoms with E-state index in [0.29, 0.717) is 0 Å². The summed E-state index contributed by atoms with van der Waals surface area (Å²) in [6, 6.07) is 0. The van der Waals surface area contributed by atoms with E-state index in [1.807, 2.05) is 0 Å². The van der Waals surface area contributed by atoms with Crippen LogP contribution in [0.5, 0.6) is 0 Å². The minimum Gasteiger partial charge on any atom is -0.474 e. The Morgan fingerprint density at radius 1 is 0.667 bits per heavy atom. The van der Waals surface area contributed by atoms with Crippen LogP contribution in [0, 0.1) is 0 Å². The lowest BCUT2D eigenvalue weighted by atomic mass is 10.9. The van der Waals surface area contributed by atoms with Crippen molar-refractivity contribution in [2.45, 2.75) is 53.5 Å². The first-order valence-electron chi connectivity index (χ1n) is 8.16. The summed E-state index contributed by atoms with van der Waals surface area (Å²) in [7, 11) is -15.8. The van der Waals surface area contributed by atoms with Gasteiger partial charge in [0.1, 0.15) is 0 Å². The van der Waals surface area contributed by atoms with Crippen LogP contribution in [0.25, 0.3) is 0 Å². The van der Waals surface area contributed by atoms with Gasteiger partial charge in [-0.1, -0.05) is 0 Å². The number of hydrogen-bond donors (Lipinski definition) is 0. The number of carbonyl (C=O) groups is 3. The molecule has 0 aromatic rings. The monoisotopic (exact) mass is 474 g/mol. The molecular weight excluding hydrogens is 449 g/mol. The summed E-state index contributed by atoms with van der Waals surface area (Å²) in [5.74, 6) is -1.92. The molecule has 1 rings (SSSR count). The minimum absolute atomic E-state index is 0.622. The van der Waals surface area contributed by atoms with Gasteiger partial charge in [-0.2, -0.15) is 0 Å². The average molecular weight is 475 g/mol. The van der Waals surface area contributed by atoms with Gasteiger partial charge in [0.2, 0.25) is 0 Å². The number of hydrogen-bond acceptors (Lipinski definition) is 11. The van der Waals surface area contributed by atoms with E-state index in [-0.39, 0.29) is 0 Å². The summed E-state index contributed by atoms with van der Waals surface area (Å²) in [5.41, 5.74) is 0. The van der Waals surface area contributed by atoms with E-state index in [0.717, 1.165) is 0 Å². The molecular formula is C11H26O11Si5. The highest BCUT2D eigenvalue weighted by molar-refractivity contribution is 6.85. The molecule has 1 heterocycles. The van der Waals surface area contributed by atoms with E-state index in [2.05, 4.69) is 0 Å². The summed E-state index contributed by atoms with van der Waals surface area (Å²) in [5, 5.41) is 0. The van der Waals surface area contributed by atoms with E-state index in [4.69, 9.17) is 33.9 Å². The third-order valence-corrected chi connectivity index (χ3v) is 19.9. The first-order valence-corrected chi connectivity index (χ1v) is 19.0. The lowest BCUT2D eigenvalue weighted by Crippen LogP contribution is -2.65. The molecule has 4 unspecified atom stereocenters. The van der Waals surface area contributed by atoms with Gasteiger partial charge < -0.3 is 33.9 Å². The van der Waals surface area contributed by atoms with Gasteiger partial charge >= 0.3 is 45.0 Å². The highest BCUT2D eigenvalue weighted by Gasteiger charge is 2.59. The van der Waals surface area contributed by atoms with Crippen LogP contribution in [0.3, 0.4) is 0 Å². The Kier molecular flexibility index (Phi) is 8.29. The maximum atomic E-state index is 11.6. The molecule has 0 aromatic heterocycles. The summed E-state index contributed by atoms with van der Waals surface area (Å²) in [6.07, 6.45) is 0. The molecule has 1 saturated heterocycles. The Bertz CT molecular complexity index is 553. The largest absolute Gasteiger partial charge is 0.551 e. The molecule has 11 nitrogen and oxygen atoms in total. The maximum Gasteiger partial charge on any atom is 0.551 e. The Balaban J connectivity index is 3.37. The van der Waals surface area contributed by atoms with Gasteiger partial charge in [0, 0.05) is 40.4 Å². The van der Waals surface area contributed by atoms with Gasteiger partial charge in [-0.15, -0.1) is 0 Å². The molecule has 1 aliphatic heterocycles. The third kappa shape index (κ3) is 8.45. The highest BCUT2D eigenvalue weighted by atomic mass is 28.5. The lowest BCUT2D eigenvalue weighted by molar-refractivity contribution is -0.136. The van der Waals surface area contributed by atoms with Crippen LogP contribution in [0.4, 0.5) is 0 Å². The number of rotatable bonds is 3. The third-order valence-electron chi connectivity index (χ3n) is 2.87. The van der Waals surface area contributed by atoms with Crippen molar-refractivity contribution in [3.8, 4) is 0 Å². The van der Waals surface area contributed by atoms with Crippen LogP contribution in [0.1, 0.15) is 20.8 Å². The fourth-order valence-corrected chi connectivity index (χ4v) is 20.8. The Morgan fingerprint density at radius 2 is 0.963 bits per heavy atom. The Labute approximate surface area is 164 Å². The number of carbonyl (C=O) groups excluding carboxylic acids is 3. The molecule has 0 amide bonds. The molecule has 0 radical (unpaired) electrons. The molecule has 0 bridgehead atoms. The van der Waals surface area contributed by atoms with Crippen LogP contribution in [-0.4, -0.2) is 62.9 Å². The van der Waals surface area contributed by atoms with E-state index in [9.17, 15) is 14.4 Å². The maximum absolute atomic E-state index is 11.6. The normalized spacial score (nSPS) is 37.8. The van der Waals surface area contributed by atoms with Crippen molar-refractivity contribution in [2.24, 2.45) is 0 Å². The highest BCUT2D eigenvalue weighted by Crippen LogP contribution is 2.27. The molecule has 16 heteroatoms. The van der Waals surface area contributed by atoms with Crippen LogP contribution in [0.15, 0.2) is 0 Å². The summed E-state index contributed by atoms with van der Waals surface area (Å²) >= 11 is 0. The molecule has 1 aliphatic rings. The summed E-state index contributed by atoms with van der Waals surface area (Å²) in [4.78, 5) is 34.8. The smallest absolute Gasteiger partial charge is 0.474 e. The predicted octanol–water partition coefficient (Wildman–Crippen LogP) is 0.179. The zero-order chi connectivity index (χ0) is 21.0. The average Bonchev–Trinajstić information content (AvgIpc) is 2.29. The van der Waals surface area contributed by atoms with Crippen molar-refractivity contribution < 1.29 is 48.2 Å². The molecule has 0 N–H and O–H groups in total. The molecule has 0 aromatic carbocycles. The molecule has 0 saturated carbocycles. The molecule has 156 valence electrons. The van der Waals surface area contributed by atoms with Crippen LogP contribution < -0.4 is 0 Å². The molecule has 0 spiro atoms. The minimum atomic E-state index is -3.84. The van der Waals surface area contributed by atoms with Gasteiger partial charge in [0.05, 0.1) is 0 Å². The lowest BCUT2D eigenvalue weighted by Gasteiger charge is -2.40. The van der Waals surface area contributed by atoms with E-state index >= 15 is 0 Å². The van der Waals surface area contributed by atoms with Crippen molar-refractivity contribution in [3.63, 3.8) is 0 Å². The predicted molar refractivity (Wildman–Crippen MR) is 102 cm³/mol. The van der Waals surface area contributed by atoms with Crippen LogP contribution >= 0.6 is 0 Å². The van der Waals surface area contributed by atoms with Crippen LogP contribution in [0.2, 0.25) is 32.7 Å². The second-order valence-corrected chi connectivity index (χ2v) is 18.7. The van der Waals surface area contributed by atoms with Crippen molar-refractivity contribution >= 4 is 62.9 Å². The van der Waals surface area contributed by atoms with Gasteiger partial charge in [-0.3, -0.25) is 14.4 Å². The fourth-order valence-electron chi connectivity index (χ4n) is 2.59. The second kappa shape index (κ2) is 9.19. The fraction of sp³-hybridized carbons (Fsp3) is 0.727. The Morgan fingerprint density at radius 3 is 1.26 bits per heavy atom. The van der Waals surface area contributed by atoms with E-state index in [1.54, 1.807) is 13.1 Å². The van der Waals surface area contributed by atoms with Crippen molar-refractivity contribution in [1.29, 1.82) is 0 Å². The first kappa shape index (κ1) is 24.3. The van der Waals surface area contributed by atoms with Crippen molar-refractivity contribution in [3.05, 3.63) is 0 Å². The van der Waals surface area contributed by atoms with E-state index in [1.165, 1.54) is 40.4 Å². The summed E-state index contributed by atoms with van der Waals surface area (Å²) in [6.45, 7) is 11.4. The van der Waals surface area contributed by atoms with Gasteiger partial charge in [0.15, 0.2) is 0 Å². The standard InChI is InChI=1S/C11H26O11Si5/c1-9(12)15-25(6)19-23(4)18-24(5)20-26(7,16-10(2)13)22-27(8,21-25)17-11(3)14/h23-24H,1-8H3.